The van der Waals surface area contributed by atoms with Crippen molar-refractivity contribution in [3.05, 3.63) is 36.2 Å². The Balaban J connectivity index is 1.64. The molecule has 1 amide bonds. The van der Waals surface area contributed by atoms with E-state index >= 15 is 0 Å². The van der Waals surface area contributed by atoms with Crippen LogP contribution in [0.1, 0.15) is 36.0 Å². The third-order valence-corrected chi connectivity index (χ3v) is 4.25. The molecule has 0 bridgehead atoms. The molecule has 0 aliphatic heterocycles. The molecule has 22 heavy (non-hydrogen) atoms. The van der Waals surface area contributed by atoms with Gasteiger partial charge in [0.25, 0.3) is 5.91 Å². The summed E-state index contributed by atoms with van der Waals surface area (Å²) in [6.07, 6.45) is 5.25. The predicted octanol–water partition coefficient (Wildman–Crippen LogP) is 1.75. The monoisotopic (exact) mass is 300 g/mol. The molecular weight excluding hydrogens is 280 g/mol. The number of rotatable bonds is 4. The minimum Gasteiger partial charge on any atom is -0.396 e. The minimum absolute atomic E-state index is 0.0613. The summed E-state index contributed by atoms with van der Waals surface area (Å²) in [5.74, 6) is 0.981. The van der Waals surface area contributed by atoms with Gasteiger partial charge in [-0.2, -0.15) is 5.10 Å². The molecule has 0 radical (unpaired) electrons. The molecule has 1 fully saturated rings. The van der Waals surface area contributed by atoms with Gasteiger partial charge in [0.15, 0.2) is 5.82 Å². The van der Waals surface area contributed by atoms with Crippen LogP contribution < -0.4 is 5.32 Å². The van der Waals surface area contributed by atoms with E-state index in [1.807, 2.05) is 18.2 Å². The lowest BCUT2D eigenvalue weighted by Crippen LogP contribution is -2.38. The fourth-order valence-electron chi connectivity index (χ4n) is 2.91. The molecule has 0 spiro atoms. The van der Waals surface area contributed by atoms with E-state index in [-0.39, 0.29) is 18.6 Å². The first-order valence-electron chi connectivity index (χ1n) is 7.64. The van der Waals surface area contributed by atoms with Crippen molar-refractivity contribution in [1.29, 1.82) is 0 Å². The summed E-state index contributed by atoms with van der Waals surface area (Å²) in [5.41, 5.74) is 1.47. The summed E-state index contributed by atoms with van der Waals surface area (Å²) in [5, 5.41) is 18.9. The highest BCUT2D eigenvalue weighted by Gasteiger charge is 2.22. The van der Waals surface area contributed by atoms with E-state index in [4.69, 9.17) is 5.11 Å². The van der Waals surface area contributed by atoms with Gasteiger partial charge in [0.05, 0.1) is 0 Å². The molecule has 6 nitrogen and oxygen atoms in total. The van der Waals surface area contributed by atoms with Crippen LogP contribution in [0.25, 0.3) is 11.4 Å². The van der Waals surface area contributed by atoms with Crippen LogP contribution in [0.2, 0.25) is 0 Å². The van der Waals surface area contributed by atoms with Gasteiger partial charge in [-0.05, 0) is 43.7 Å². The van der Waals surface area contributed by atoms with Crippen LogP contribution in [0.3, 0.4) is 0 Å². The molecule has 3 rings (SSSR count). The summed E-state index contributed by atoms with van der Waals surface area (Å²) in [6, 6.07) is 7.55. The lowest BCUT2D eigenvalue weighted by atomic mass is 9.86. The van der Waals surface area contributed by atoms with Crippen LogP contribution in [0, 0.1) is 5.92 Å². The van der Waals surface area contributed by atoms with Crippen molar-refractivity contribution in [2.75, 3.05) is 6.61 Å². The Bertz CT molecular complexity index is 619. The van der Waals surface area contributed by atoms with Crippen molar-refractivity contribution in [2.24, 2.45) is 5.92 Å². The number of nitrogens with one attached hydrogen (secondary N) is 2. The second-order valence-corrected chi connectivity index (χ2v) is 5.79. The molecular formula is C16H20N4O2. The molecule has 1 aliphatic rings. The third kappa shape index (κ3) is 3.33. The standard InChI is InChI=1S/C16H20N4O2/c21-9-11-4-6-14(7-5-11)19-16(22)13-3-1-2-12(8-13)15-17-10-18-20-15/h1-3,8,10-11,14,21H,4-7,9H2,(H,19,22)(H,17,18,20). The summed E-state index contributed by atoms with van der Waals surface area (Å²) in [6.45, 7) is 0.250. The van der Waals surface area contributed by atoms with E-state index < -0.39 is 0 Å². The van der Waals surface area contributed by atoms with E-state index in [0.29, 0.717) is 17.3 Å². The lowest BCUT2D eigenvalue weighted by Gasteiger charge is -2.28. The summed E-state index contributed by atoms with van der Waals surface area (Å²) >= 11 is 0. The average Bonchev–Trinajstić information content (AvgIpc) is 3.10. The highest BCUT2D eigenvalue weighted by molar-refractivity contribution is 5.95. The van der Waals surface area contributed by atoms with Crippen LogP contribution in [-0.2, 0) is 0 Å². The minimum atomic E-state index is -0.0613. The molecule has 0 saturated heterocycles. The molecule has 6 heteroatoms. The van der Waals surface area contributed by atoms with E-state index in [1.165, 1.54) is 6.33 Å². The van der Waals surface area contributed by atoms with Gasteiger partial charge in [-0.3, -0.25) is 9.89 Å². The number of carbonyl (C=O) groups excluding carboxylic acids is 1. The van der Waals surface area contributed by atoms with Crippen LogP contribution in [0.4, 0.5) is 0 Å². The molecule has 2 aromatic rings. The summed E-state index contributed by atoms with van der Waals surface area (Å²) in [7, 11) is 0. The largest absolute Gasteiger partial charge is 0.396 e. The number of H-pyrrole nitrogens is 1. The van der Waals surface area contributed by atoms with Crippen molar-refractivity contribution < 1.29 is 9.90 Å². The molecule has 0 atom stereocenters. The number of amides is 1. The number of benzene rings is 1. The smallest absolute Gasteiger partial charge is 0.251 e. The fraction of sp³-hybridized carbons (Fsp3) is 0.438. The van der Waals surface area contributed by atoms with Crippen LogP contribution in [-0.4, -0.2) is 38.8 Å². The molecule has 116 valence electrons. The maximum absolute atomic E-state index is 12.4. The highest BCUT2D eigenvalue weighted by Crippen LogP contribution is 2.24. The lowest BCUT2D eigenvalue weighted by molar-refractivity contribution is 0.0914. The number of nitrogens with zero attached hydrogens (tertiary/aromatic N) is 2. The van der Waals surface area contributed by atoms with Crippen molar-refractivity contribution in [3.8, 4) is 11.4 Å². The van der Waals surface area contributed by atoms with Gasteiger partial charge < -0.3 is 10.4 Å². The Kier molecular flexibility index (Phi) is 4.48. The Morgan fingerprint density at radius 3 is 2.82 bits per heavy atom. The number of aliphatic hydroxyl groups is 1. The van der Waals surface area contributed by atoms with Crippen LogP contribution in [0.5, 0.6) is 0 Å². The van der Waals surface area contributed by atoms with E-state index in [0.717, 1.165) is 31.2 Å². The quantitative estimate of drug-likeness (QED) is 0.802. The van der Waals surface area contributed by atoms with E-state index in [1.54, 1.807) is 6.07 Å². The number of aromatic amines is 1. The second-order valence-electron chi connectivity index (χ2n) is 5.79. The second kappa shape index (κ2) is 6.70. The number of aliphatic hydroxyl groups excluding tert-OH is 1. The van der Waals surface area contributed by atoms with Gasteiger partial charge in [0, 0.05) is 23.8 Å². The normalized spacial score (nSPS) is 21.5. The highest BCUT2D eigenvalue weighted by atomic mass is 16.3. The number of hydrogen-bond acceptors (Lipinski definition) is 4. The SMILES string of the molecule is O=C(NC1CCC(CO)CC1)c1cccc(-c2ncn[nH]2)c1. The Morgan fingerprint density at radius 1 is 1.32 bits per heavy atom. The van der Waals surface area contributed by atoms with Crippen molar-refractivity contribution >= 4 is 5.91 Å². The van der Waals surface area contributed by atoms with Gasteiger partial charge in [-0.25, -0.2) is 4.98 Å². The summed E-state index contributed by atoms with van der Waals surface area (Å²) in [4.78, 5) is 16.5. The first-order chi connectivity index (χ1) is 10.8. The number of aromatic nitrogens is 3. The van der Waals surface area contributed by atoms with Crippen molar-refractivity contribution in [2.45, 2.75) is 31.7 Å². The van der Waals surface area contributed by atoms with Crippen molar-refractivity contribution in [1.82, 2.24) is 20.5 Å². The van der Waals surface area contributed by atoms with Gasteiger partial charge >= 0.3 is 0 Å². The fourth-order valence-corrected chi connectivity index (χ4v) is 2.91. The van der Waals surface area contributed by atoms with Gasteiger partial charge in [-0.1, -0.05) is 12.1 Å². The average molecular weight is 300 g/mol. The van der Waals surface area contributed by atoms with Crippen molar-refractivity contribution in [3.63, 3.8) is 0 Å². The van der Waals surface area contributed by atoms with Crippen LogP contribution >= 0.6 is 0 Å². The summed E-state index contributed by atoms with van der Waals surface area (Å²) < 4.78 is 0. The Morgan fingerprint density at radius 2 is 2.14 bits per heavy atom. The molecule has 0 unspecified atom stereocenters. The zero-order chi connectivity index (χ0) is 15.4. The molecule has 1 aromatic carbocycles. The zero-order valence-corrected chi connectivity index (χ0v) is 12.3. The number of carbonyl (C=O) groups is 1. The third-order valence-electron chi connectivity index (χ3n) is 4.25. The molecule has 1 aromatic heterocycles. The van der Waals surface area contributed by atoms with Gasteiger partial charge in [0.2, 0.25) is 0 Å². The maximum atomic E-state index is 12.4. The first kappa shape index (κ1) is 14.7. The molecule has 1 heterocycles. The Labute approximate surface area is 129 Å². The van der Waals surface area contributed by atoms with E-state index in [9.17, 15) is 4.79 Å². The number of hydrogen-bond donors (Lipinski definition) is 3. The first-order valence-corrected chi connectivity index (χ1v) is 7.64. The molecule has 1 saturated carbocycles. The predicted molar refractivity (Wildman–Crippen MR) is 82.1 cm³/mol. The zero-order valence-electron chi connectivity index (χ0n) is 12.3. The maximum Gasteiger partial charge on any atom is 0.251 e. The Hall–Kier alpha value is -2.21. The topological polar surface area (TPSA) is 90.9 Å². The van der Waals surface area contributed by atoms with Gasteiger partial charge in [-0.15, -0.1) is 0 Å². The molecule has 1 aliphatic carbocycles. The van der Waals surface area contributed by atoms with Crippen LogP contribution in [0.15, 0.2) is 30.6 Å². The molecule has 3 N–H and O–H groups in total. The van der Waals surface area contributed by atoms with E-state index in [2.05, 4.69) is 20.5 Å². The van der Waals surface area contributed by atoms with Gasteiger partial charge in [0.1, 0.15) is 6.33 Å².